The second-order valence-corrected chi connectivity index (χ2v) is 5.20. The molecule has 2 aromatic rings. The SMILES string of the molecule is CCC(Nc1cc([N+](=O)[O-])cc(NC)n1)c1cccs1. The van der Waals surface area contributed by atoms with Crippen molar-refractivity contribution in [1.29, 1.82) is 0 Å². The van der Waals surface area contributed by atoms with E-state index in [1.54, 1.807) is 18.4 Å². The van der Waals surface area contributed by atoms with Crippen LogP contribution in [0.1, 0.15) is 24.3 Å². The Hall–Kier alpha value is -2.15. The monoisotopic (exact) mass is 292 g/mol. The van der Waals surface area contributed by atoms with Crippen LogP contribution in [0.3, 0.4) is 0 Å². The normalized spacial score (nSPS) is 11.9. The Morgan fingerprint density at radius 1 is 1.45 bits per heavy atom. The lowest BCUT2D eigenvalue weighted by molar-refractivity contribution is -0.384. The molecule has 0 radical (unpaired) electrons. The van der Waals surface area contributed by atoms with Crippen molar-refractivity contribution in [3.05, 3.63) is 44.6 Å². The van der Waals surface area contributed by atoms with Crippen molar-refractivity contribution < 1.29 is 4.92 Å². The molecule has 0 saturated heterocycles. The number of thiophene rings is 1. The number of aromatic nitrogens is 1. The second-order valence-electron chi connectivity index (χ2n) is 4.22. The zero-order valence-electron chi connectivity index (χ0n) is 11.3. The molecule has 106 valence electrons. The highest BCUT2D eigenvalue weighted by atomic mass is 32.1. The molecule has 0 aliphatic heterocycles. The molecule has 1 unspecified atom stereocenters. The number of nitro groups is 1. The van der Waals surface area contributed by atoms with Gasteiger partial charge in [0.05, 0.1) is 23.1 Å². The van der Waals surface area contributed by atoms with Gasteiger partial charge in [0.1, 0.15) is 11.6 Å². The van der Waals surface area contributed by atoms with Gasteiger partial charge in [0, 0.05) is 11.9 Å². The number of hydrogen-bond donors (Lipinski definition) is 2. The van der Waals surface area contributed by atoms with Gasteiger partial charge in [0.25, 0.3) is 5.69 Å². The molecule has 2 rings (SSSR count). The predicted octanol–water partition coefficient (Wildman–Crippen LogP) is 3.66. The molecule has 2 aromatic heterocycles. The first kappa shape index (κ1) is 14.3. The Bertz CT molecular complexity index is 586. The van der Waals surface area contributed by atoms with Gasteiger partial charge < -0.3 is 10.6 Å². The van der Waals surface area contributed by atoms with Gasteiger partial charge in [0.15, 0.2) is 0 Å². The molecule has 7 heteroatoms. The largest absolute Gasteiger partial charge is 0.373 e. The first-order chi connectivity index (χ1) is 9.63. The summed E-state index contributed by atoms with van der Waals surface area (Å²) in [6, 6.07) is 7.01. The van der Waals surface area contributed by atoms with Crippen LogP contribution >= 0.6 is 11.3 Å². The molecule has 0 aromatic carbocycles. The van der Waals surface area contributed by atoms with Gasteiger partial charge in [-0.05, 0) is 17.9 Å². The first-order valence-corrected chi connectivity index (χ1v) is 7.16. The maximum atomic E-state index is 10.9. The number of hydrogen-bond acceptors (Lipinski definition) is 6. The minimum Gasteiger partial charge on any atom is -0.373 e. The smallest absolute Gasteiger partial charge is 0.276 e. The van der Waals surface area contributed by atoms with Crippen LogP contribution in [-0.4, -0.2) is 17.0 Å². The standard InChI is InChI=1S/C13H16N4O2S/c1-3-10(11-5-4-6-20-11)15-13-8-9(17(18)19)7-12(14-2)16-13/h4-8,10H,3H2,1-2H3,(H2,14,15,16). The number of nitrogens with one attached hydrogen (secondary N) is 2. The molecule has 0 aliphatic carbocycles. The fourth-order valence-corrected chi connectivity index (χ4v) is 2.73. The summed E-state index contributed by atoms with van der Waals surface area (Å²) < 4.78 is 0. The Balaban J connectivity index is 2.27. The fraction of sp³-hybridized carbons (Fsp3) is 0.308. The van der Waals surface area contributed by atoms with Crippen molar-refractivity contribution in [2.75, 3.05) is 17.7 Å². The van der Waals surface area contributed by atoms with Gasteiger partial charge >= 0.3 is 0 Å². The van der Waals surface area contributed by atoms with Crippen LogP contribution in [0.15, 0.2) is 29.6 Å². The molecular formula is C13H16N4O2S. The first-order valence-electron chi connectivity index (χ1n) is 6.28. The van der Waals surface area contributed by atoms with Crippen LogP contribution in [0, 0.1) is 10.1 Å². The molecular weight excluding hydrogens is 276 g/mol. The Kier molecular flexibility index (Phi) is 4.52. The van der Waals surface area contributed by atoms with E-state index in [-0.39, 0.29) is 11.7 Å². The molecule has 0 amide bonds. The van der Waals surface area contributed by atoms with Crippen LogP contribution in [0.5, 0.6) is 0 Å². The average Bonchev–Trinajstić information content (AvgIpc) is 2.98. The van der Waals surface area contributed by atoms with Crippen LogP contribution in [0.25, 0.3) is 0 Å². The summed E-state index contributed by atoms with van der Waals surface area (Å²) in [6.45, 7) is 2.06. The molecule has 0 bridgehead atoms. The molecule has 1 atom stereocenters. The van der Waals surface area contributed by atoms with E-state index < -0.39 is 4.92 Å². The van der Waals surface area contributed by atoms with Crippen molar-refractivity contribution in [3.63, 3.8) is 0 Å². The number of pyridine rings is 1. The third-order valence-corrected chi connectivity index (χ3v) is 3.88. The lowest BCUT2D eigenvalue weighted by Crippen LogP contribution is -2.10. The Labute approximate surface area is 121 Å². The van der Waals surface area contributed by atoms with E-state index in [1.165, 1.54) is 17.0 Å². The predicted molar refractivity (Wildman–Crippen MR) is 81.4 cm³/mol. The van der Waals surface area contributed by atoms with E-state index in [9.17, 15) is 10.1 Å². The minimum absolute atomic E-state index is 0.0212. The highest BCUT2D eigenvalue weighted by molar-refractivity contribution is 7.10. The van der Waals surface area contributed by atoms with Crippen molar-refractivity contribution in [1.82, 2.24) is 4.98 Å². The summed E-state index contributed by atoms with van der Waals surface area (Å²) in [4.78, 5) is 16.0. The maximum absolute atomic E-state index is 10.9. The highest BCUT2D eigenvalue weighted by Gasteiger charge is 2.15. The van der Waals surface area contributed by atoms with E-state index in [2.05, 4.69) is 22.5 Å². The number of rotatable bonds is 6. The van der Waals surface area contributed by atoms with E-state index in [0.29, 0.717) is 11.6 Å². The number of anilines is 2. The maximum Gasteiger partial charge on any atom is 0.276 e. The van der Waals surface area contributed by atoms with Gasteiger partial charge in [-0.15, -0.1) is 11.3 Å². The quantitative estimate of drug-likeness (QED) is 0.627. The third kappa shape index (κ3) is 3.24. The van der Waals surface area contributed by atoms with Gasteiger partial charge in [0.2, 0.25) is 0 Å². The summed E-state index contributed by atoms with van der Waals surface area (Å²) in [6.07, 6.45) is 0.875. The van der Waals surface area contributed by atoms with Gasteiger partial charge in [-0.2, -0.15) is 0 Å². The number of nitrogens with zero attached hydrogens (tertiary/aromatic N) is 2. The molecule has 6 nitrogen and oxygen atoms in total. The summed E-state index contributed by atoms with van der Waals surface area (Å²) in [7, 11) is 1.69. The average molecular weight is 292 g/mol. The van der Waals surface area contributed by atoms with Crippen molar-refractivity contribution in [2.45, 2.75) is 19.4 Å². The van der Waals surface area contributed by atoms with Crippen LogP contribution in [-0.2, 0) is 0 Å². The van der Waals surface area contributed by atoms with Crippen molar-refractivity contribution >= 4 is 28.7 Å². The van der Waals surface area contributed by atoms with E-state index in [1.807, 2.05) is 17.5 Å². The highest BCUT2D eigenvalue weighted by Crippen LogP contribution is 2.28. The van der Waals surface area contributed by atoms with Crippen molar-refractivity contribution in [2.24, 2.45) is 0 Å². The summed E-state index contributed by atoms with van der Waals surface area (Å²) in [5.41, 5.74) is 0.0212. The van der Waals surface area contributed by atoms with E-state index in [0.717, 1.165) is 6.42 Å². The summed E-state index contributed by atoms with van der Waals surface area (Å²) in [5, 5.41) is 19.0. The van der Waals surface area contributed by atoms with Gasteiger partial charge in [-0.3, -0.25) is 10.1 Å². The Morgan fingerprint density at radius 3 is 2.75 bits per heavy atom. The Morgan fingerprint density at radius 2 is 2.20 bits per heavy atom. The molecule has 0 spiro atoms. The fourth-order valence-electron chi connectivity index (χ4n) is 1.87. The lowest BCUT2D eigenvalue weighted by atomic mass is 10.2. The molecule has 2 heterocycles. The summed E-state index contributed by atoms with van der Waals surface area (Å²) in [5.74, 6) is 0.978. The molecule has 20 heavy (non-hydrogen) atoms. The summed E-state index contributed by atoms with van der Waals surface area (Å²) >= 11 is 1.66. The minimum atomic E-state index is -0.417. The molecule has 2 N–H and O–H groups in total. The zero-order valence-corrected chi connectivity index (χ0v) is 12.1. The van der Waals surface area contributed by atoms with Gasteiger partial charge in [-0.25, -0.2) is 4.98 Å². The third-order valence-electron chi connectivity index (χ3n) is 2.89. The second kappa shape index (κ2) is 6.33. The van der Waals surface area contributed by atoms with Crippen LogP contribution in [0.2, 0.25) is 0 Å². The molecule has 0 fully saturated rings. The lowest BCUT2D eigenvalue weighted by Gasteiger charge is -2.16. The molecule has 0 saturated carbocycles. The van der Waals surface area contributed by atoms with Crippen molar-refractivity contribution in [3.8, 4) is 0 Å². The van der Waals surface area contributed by atoms with E-state index >= 15 is 0 Å². The topological polar surface area (TPSA) is 80.1 Å². The van der Waals surface area contributed by atoms with Crippen LogP contribution < -0.4 is 10.6 Å². The van der Waals surface area contributed by atoms with Crippen LogP contribution in [0.4, 0.5) is 17.3 Å². The zero-order chi connectivity index (χ0) is 14.5. The van der Waals surface area contributed by atoms with E-state index in [4.69, 9.17) is 0 Å². The molecule has 0 aliphatic rings. The van der Waals surface area contributed by atoms with Gasteiger partial charge in [-0.1, -0.05) is 13.0 Å².